The fraction of sp³-hybridized carbons (Fsp3) is 0.364. The highest BCUT2D eigenvalue weighted by molar-refractivity contribution is 5.89. The number of carbonyl (C=O) groups is 2. The molecule has 0 fully saturated rings. The average molecular weight is 253 g/mol. The van der Waals surface area contributed by atoms with E-state index in [9.17, 15) is 9.59 Å². The van der Waals surface area contributed by atoms with Crippen LogP contribution in [0.25, 0.3) is 0 Å². The summed E-state index contributed by atoms with van der Waals surface area (Å²) in [7, 11) is 1.50. The van der Waals surface area contributed by atoms with E-state index in [4.69, 9.17) is 9.84 Å². The van der Waals surface area contributed by atoms with Gasteiger partial charge in [-0.1, -0.05) is 0 Å². The van der Waals surface area contributed by atoms with Gasteiger partial charge in [0, 0.05) is 12.1 Å². The molecule has 0 radical (unpaired) electrons. The summed E-state index contributed by atoms with van der Waals surface area (Å²) in [6.45, 7) is 1.61. The normalized spacial score (nSPS) is 11.4. The number of nitrogens with zero attached hydrogens (tertiary/aromatic N) is 1. The molecule has 1 aromatic rings. The average Bonchev–Trinajstić information content (AvgIpc) is 2.28. The summed E-state index contributed by atoms with van der Waals surface area (Å²) < 4.78 is 4.88. The molecule has 0 spiro atoms. The molecule has 1 unspecified atom stereocenters. The van der Waals surface area contributed by atoms with E-state index >= 15 is 0 Å². The van der Waals surface area contributed by atoms with Crippen LogP contribution < -0.4 is 15.4 Å². The third-order valence-electron chi connectivity index (χ3n) is 2.06. The molecule has 1 aromatic heterocycles. The molecule has 3 N–H and O–H groups in total. The standard InChI is InChI=1S/C11H15N3O4/c1-7(5-10(15)16)13-11(17)14-8-3-4-9(18-2)12-6-8/h3-4,6-7H,5H2,1-2H3,(H,15,16)(H2,13,14,17). The first-order chi connectivity index (χ1) is 8.51. The van der Waals surface area contributed by atoms with Gasteiger partial charge in [0.1, 0.15) is 0 Å². The van der Waals surface area contributed by atoms with E-state index < -0.39 is 18.0 Å². The van der Waals surface area contributed by atoms with Gasteiger partial charge in [-0.15, -0.1) is 0 Å². The lowest BCUT2D eigenvalue weighted by molar-refractivity contribution is -0.137. The topological polar surface area (TPSA) is 101 Å². The number of methoxy groups -OCH3 is 1. The van der Waals surface area contributed by atoms with E-state index in [0.29, 0.717) is 11.6 Å². The van der Waals surface area contributed by atoms with Gasteiger partial charge in [0.25, 0.3) is 0 Å². The molecular formula is C11H15N3O4. The van der Waals surface area contributed by atoms with E-state index in [1.165, 1.54) is 13.3 Å². The monoisotopic (exact) mass is 253 g/mol. The SMILES string of the molecule is COc1ccc(NC(=O)NC(C)CC(=O)O)cn1. The van der Waals surface area contributed by atoms with Crippen LogP contribution in [0.4, 0.5) is 10.5 Å². The van der Waals surface area contributed by atoms with Gasteiger partial charge < -0.3 is 20.5 Å². The van der Waals surface area contributed by atoms with Gasteiger partial charge >= 0.3 is 12.0 Å². The van der Waals surface area contributed by atoms with Gasteiger partial charge in [-0.3, -0.25) is 4.79 Å². The fourth-order valence-electron chi connectivity index (χ4n) is 1.28. The van der Waals surface area contributed by atoms with Crippen molar-refractivity contribution in [1.29, 1.82) is 0 Å². The van der Waals surface area contributed by atoms with Crippen LogP contribution in [0.1, 0.15) is 13.3 Å². The van der Waals surface area contributed by atoms with E-state index in [1.807, 2.05) is 0 Å². The zero-order valence-corrected chi connectivity index (χ0v) is 10.1. The summed E-state index contributed by atoms with van der Waals surface area (Å²) in [5, 5.41) is 13.6. The largest absolute Gasteiger partial charge is 0.481 e. The lowest BCUT2D eigenvalue weighted by Crippen LogP contribution is -2.37. The van der Waals surface area contributed by atoms with Crippen LogP contribution in [-0.2, 0) is 4.79 Å². The number of aromatic nitrogens is 1. The van der Waals surface area contributed by atoms with Gasteiger partial charge in [0.15, 0.2) is 0 Å². The van der Waals surface area contributed by atoms with Crippen molar-refractivity contribution in [3.05, 3.63) is 18.3 Å². The van der Waals surface area contributed by atoms with Crippen molar-refractivity contribution in [2.45, 2.75) is 19.4 Å². The van der Waals surface area contributed by atoms with Gasteiger partial charge in [-0.25, -0.2) is 9.78 Å². The van der Waals surface area contributed by atoms with Crippen molar-refractivity contribution < 1.29 is 19.4 Å². The number of carboxylic acid groups (broad SMARTS) is 1. The van der Waals surface area contributed by atoms with E-state index in [1.54, 1.807) is 19.1 Å². The maximum Gasteiger partial charge on any atom is 0.319 e. The lowest BCUT2D eigenvalue weighted by atomic mass is 10.2. The van der Waals surface area contributed by atoms with Crippen LogP contribution in [0.15, 0.2) is 18.3 Å². The smallest absolute Gasteiger partial charge is 0.319 e. The van der Waals surface area contributed by atoms with Gasteiger partial charge in [0.2, 0.25) is 5.88 Å². The Kier molecular flexibility index (Phi) is 4.91. The van der Waals surface area contributed by atoms with Crippen LogP contribution in [0.3, 0.4) is 0 Å². The van der Waals surface area contributed by atoms with Crippen molar-refractivity contribution in [2.75, 3.05) is 12.4 Å². The zero-order valence-electron chi connectivity index (χ0n) is 10.1. The molecule has 0 aliphatic carbocycles. The number of hydrogen-bond acceptors (Lipinski definition) is 4. The molecule has 1 rings (SSSR count). The summed E-state index contributed by atoms with van der Waals surface area (Å²) in [5.41, 5.74) is 0.496. The van der Waals surface area contributed by atoms with E-state index in [-0.39, 0.29) is 6.42 Å². The van der Waals surface area contributed by atoms with Crippen LogP contribution in [0.2, 0.25) is 0 Å². The van der Waals surface area contributed by atoms with Crippen LogP contribution >= 0.6 is 0 Å². The zero-order chi connectivity index (χ0) is 13.5. The van der Waals surface area contributed by atoms with Crippen molar-refractivity contribution in [3.63, 3.8) is 0 Å². The predicted octanol–water partition coefficient (Wildman–Crippen LogP) is 1.07. The highest BCUT2D eigenvalue weighted by Crippen LogP contribution is 2.10. The number of hydrogen-bond donors (Lipinski definition) is 3. The number of nitrogens with one attached hydrogen (secondary N) is 2. The van der Waals surface area contributed by atoms with Crippen molar-refractivity contribution in [3.8, 4) is 5.88 Å². The van der Waals surface area contributed by atoms with Crippen LogP contribution in [0.5, 0.6) is 5.88 Å². The number of aliphatic carboxylic acids is 1. The molecule has 7 heteroatoms. The third-order valence-corrected chi connectivity index (χ3v) is 2.06. The quantitative estimate of drug-likeness (QED) is 0.728. The Morgan fingerprint density at radius 2 is 2.22 bits per heavy atom. The highest BCUT2D eigenvalue weighted by Gasteiger charge is 2.10. The van der Waals surface area contributed by atoms with Crippen molar-refractivity contribution in [2.24, 2.45) is 0 Å². The molecule has 0 bridgehead atoms. The second-order valence-electron chi connectivity index (χ2n) is 3.69. The fourth-order valence-corrected chi connectivity index (χ4v) is 1.28. The Morgan fingerprint density at radius 1 is 1.50 bits per heavy atom. The molecule has 98 valence electrons. The van der Waals surface area contributed by atoms with E-state index in [2.05, 4.69) is 15.6 Å². The van der Waals surface area contributed by atoms with Crippen LogP contribution in [-0.4, -0.2) is 35.2 Å². The van der Waals surface area contributed by atoms with Gasteiger partial charge in [-0.05, 0) is 13.0 Å². The molecule has 1 atom stereocenters. The maximum absolute atomic E-state index is 11.5. The van der Waals surface area contributed by atoms with Gasteiger partial charge in [-0.2, -0.15) is 0 Å². The van der Waals surface area contributed by atoms with Gasteiger partial charge in [0.05, 0.1) is 25.4 Å². The molecular weight excluding hydrogens is 238 g/mol. The summed E-state index contributed by atoms with van der Waals surface area (Å²) in [5.74, 6) is -0.519. The summed E-state index contributed by atoms with van der Waals surface area (Å²) in [6.07, 6.45) is 1.31. The minimum atomic E-state index is -0.964. The number of carbonyl (C=O) groups excluding carboxylic acids is 1. The second kappa shape index (κ2) is 6.43. The molecule has 0 saturated heterocycles. The molecule has 0 aromatic carbocycles. The lowest BCUT2D eigenvalue weighted by Gasteiger charge is -2.12. The first-order valence-electron chi connectivity index (χ1n) is 5.30. The second-order valence-corrected chi connectivity index (χ2v) is 3.69. The Bertz CT molecular complexity index is 419. The van der Waals surface area contributed by atoms with Crippen molar-refractivity contribution in [1.82, 2.24) is 10.3 Å². The number of pyridine rings is 1. The number of carboxylic acids is 1. The first-order valence-corrected chi connectivity index (χ1v) is 5.30. The Labute approximate surface area is 104 Å². The minimum Gasteiger partial charge on any atom is -0.481 e. The van der Waals surface area contributed by atoms with Crippen LogP contribution in [0, 0.1) is 0 Å². The molecule has 2 amide bonds. The number of ether oxygens (including phenoxy) is 1. The number of urea groups is 1. The Balaban J connectivity index is 2.46. The molecule has 7 nitrogen and oxygen atoms in total. The molecule has 18 heavy (non-hydrogen) atoms. The molecule has 0 aliphatic rings. The predicted molar refractivity (Wildman–Crippen MR) is 64.7 cm³/mol. The number of anilines is 1. The molecule has 0 saturated carbocycles. The summed E-state index contributed by atoms with van der Waals surface area (Å²) >= 11 is 0. The summed E-state index contributed by atoms with van der Waals surface area (Å²) in [6, 6.07) is 2.31. The summed E-state index contributed by atoms with van der Waals surface area (Å²) in [4.78, 5) is 25.8. The minimum absolute atomic E-state index is 0.131. The van der Waals surface area contributed by atoms with E-state index in [0.717, 1.165) is 0 Å². The highest BCUT2D eigenvalue weighted by atomic mass is 16.5. The molecule has 1 heterocycles. The number of amides is 2. The Hall–Kier alpha value is -2.31. The third kappa shape index (κ3) is 4.69. The number of rotatable bonds is 5. The molecule has 0 aliphatic heterocycles. The Morgan fingerprint density at radius 3 is 2.72 bits per heavy atom. The van der Waals surface area contributed by atoms with Crippen molar-refractivity contribution >= 4 is 17.7 Å². The maximum atomic E-state index is 11.5. The first kappa shape index (κ1) is 13.8.